The molecule has 0 radical (unpaired) electrons. The summed E-state index contributed by atoms with van der Waals surface area (Å²) >= 11 is 1.47. The summed E-state index contributed by atoms with van der Waals surface area (Å²) in [6.45, 7) is 0. The van der Waals surface area contributed by atoms with E-state index >= 15 is 0 Å². The smallest absolute Gasteiger partial charge is 0.418 e. The number of halogens is 4. The van der Waals surface area contributed by atoms with Crippen molar-refractivity contribution in [2.45, 2.75) is 6.18 Å². The Balaban J connectivity index is 3.56. The zero-order valence-corrected chi connectivity index (χ0v) is 10.2. The van der Waals surface area contributed by atoms with E-state index in [4.69, 9.17) is 10.5 Å². The summed E-state index contributed by atoms with van der Waals surface area (Å²) in [5, 5.41) is 0. The van der Waals surface area contributed by atoms with Crippen molar-refractivity contribution >= 4 is 28.5 Å². The molecule has 1 rings (SSSR count). The number of ether oxygens (including phenoxy) is 1. The Kier molecular flexibility index (Phi) is 3.66. The van der Waals surface area contributed by atoms with Crippen molar-refractivity contribution < 1.29 is 22.7 Å². The van der Waals surface area contributed by atoms with Crippen LogP contribution in [0.2, 0.25) is 0 Å². The lowest BCUT2D eigenvalue weighted by atomic mass is 10.1. The van der Waals surface area contributed by atoms with E-state index in [2.05, 4.69) is 0 Å². The minimum Gasteiger partial charge on any atom is -0.496 e. The summed E-state index contributed by atoms with van der Waals surface area (Å²) in [4.78, 5) is 10.9. The molecule has 1 aromatic carbocycles. The van der Waals surface area contributed by atoms with E-state index in [-0.39, 0.29) is 9.32 Å². The number of amides is 1. The molecule has 16 heavy (non-hydrogen) atoms. The van der Waals surface area contributed by atoms with Crippen LogP contribution < -0.4 is 10.5 Å². The van der Waals surface area contributed by atoms with Gasteiger partial charge in [0.05, 0.1) is 21.8 Å². The quantitative estimate of drug-likeness (QED) is 0.837. The third kappa shape index (κ3) is 2.39. The van der Waals surface area contributed by atoms with Gasteiger partial charge in [-0.05, 0) is 34.7 Å². The van der Waals surface area contributed by atoms with Gasteiger partial charge in [0.1, 0.15) is 5.75 Å². The molecule has 0 aliphatic heterocycles. The lowest BCUT2D eigenvalue weighted by molar-refractivity contribution is -0.138. The van der Waals surface area contributed by atoms with Crippen molar-refractivity contribution in [3.8, 4) is 5.75 Å². The molecule has 0 aromatic heterocycles. The number of alkyl halides is 3. The van der Waals surface area contributed by atoms with Crippen LogP contribution in [0.15, 0.2) is 12.1 Å². The highest BCUT2D eigenvalue weighted by molar-refractivity contribution is 14.1. The van der Waals surface area contributed by atoms with Crippen molar-refractivity contribution in [2.75, 3.05) is 7.11 Å². The summed E-state index contributed by atoms with van der Waals surface area (Å²) in [6, 6.07) is 2.28. The first-order valence-electron chi connectivity index (χ1n) is 4.02. The Bertz CT molecular complexity index is 431. The van der Waals surface area contributed by atoms with Gasteiger partial charge in [-0.15, -0.1) is 0 Å². The molecular weight excluding hydrogens is 338 g/mol. The van der Waals surface area contributed by atoms with Gasteiger partial charge in [0, 0.05) is 0 Å². The van der Waals surface area contributed by atoms with Gasteiger partial charge in [0.25, 0.3) is 0 Å². The maximum Gasteiger partial charge on any atom is 0.418 e. The first-order chi connectivity index (χ1) is 7.29. The molecule has 0 atom stereocenters. The standard InChI is InChI=1S/C9H7F3INO2/c1-16-5-3-2-4(8(14)15)6(7(5)13)9(10,11)12/h2-3H,1H3,(H2,14,15). The fourth-order valence-electron chi connectivity index (χ4n) is 1.20. The lowest BCUT2D eigenvalue weighted by Gasteiger charge is -2.15. The largest absolute Gasteiger partial charge is 0.496 e. The molecule has 0 aliphatic rings. The molecule has 0 saturated carbocycles. The van der Waals surface area contributed by atoms with Crippen LogP contribution in [0.1, 0.15) is 15.9 Å². The minimum atomic E-state index is -4.64. The number of carbonyl (C=O) groups excluding carboxylic acids is 1. The van der Waals surface area contributed by atoms with Crippen molar-refractivity contribution in [3.63, 3.8) is 0 Å². The molecule has 0 aliphatic carbocycles. The van der Waals surface area contributed by atoms with Gasteiger partial charge in [0.2, 0.25) is 5.91 Å². The predicted octanol–water partition coefficient (Wildman–Crippen LogP) is 2.42. The van der Waals surface area contributed by atoms with Crippen LogP contribution in [0.3, 0.4) is 0 Å². The van der Waals surface area contributed by atoms with Crippen LogP contribution in [0.25, 0.3) is 0 Å². The topological polar surface area (TPSA) is 52.3 Å². The van der Waals surface area contributed by atoms with E-state index in [1.54, 1.807) is 0 Å². The highest BCUT2D eigenvalue weighted by Crippen LogP contribution is 2.39. The van der Waals surface area contributed by atoms with E-state index in [1.807, 2.05) is 0 Å². The summed E-state index contributed by atoms with van der Waals surface area (Å²) in [5.74, 6) is -1.06. The number of primary amides is 1. The number of rotatable bonds is 2. The first-order valence-corrected chi connectivity index (χ1v) is 5.10. The summed E-state index contributed by atoms with van der Waals surface area (Å²) in [6.07, 6.45) is -4.64. The van der Waals surface area contributed by atoms with Crippen molar-refractivity contribution in [2.24, 2.45) is 5.73 Å². The molecular formula is C9H7F3INO2. The zero-order chi connectivity index (χ0) is 12.5. The van der Waals surface area contributed by atoms with E-state index < -0.39 is 23.2 Å². The Labute approximate surface area is 103 Å². The predicted molar refractivity (Wildman–Crippen MR) is 59.2 cm³/mol. The highest BCUT2D eigenvalue weighted by Gasteiger charge is 2.38. The molecule has 7 heteroatoms. The van der Waals surface area contributed by atoms with E-state index in [1.165, 1.54) is 35.8 Å². The summed E-state index contributed by atoms with van der Waals surface area (Å²) in [5.41, 5.74) is 3.28. The average Bonchev–Trinajstić information content (AvgIpc) is 2.14. The molecule has 88 valence electrons. The Morgan fingerprint density at radius 1 is 1.44 bits per heavy atom. The van der Waals surface area contributed by atoms with Crippen molar-refractivity contribution in [1.29, 1.82) is 0 Å². The molecule has 0 bridgehead atoms. The molecule has 2 N–H and O–H groups in total. The van der Waals surface area contributed by atoms with Gasteiger partial charge in [-0.2, -0.15) is 13.2 Å². The summed E-state index contributed by atoms with van der Waals surface area (Å²) in [7, 11) is 1.25. The molecule has 0 spiro atoms. The first kappa shape index (κ1) is 13.1. The van der Waals surface area contributed by atoms with Gasteiger partial charge in [-0.3, -0.25) is 4.79 Å². The third-order valence-corrected chi connectivity index (χ3v) is 2.95. The molecule has 0 fully saturated rings. The van der Waals surface area contributed by atoms with Crippen LogP contribution in [-0.4, -0.2) is 13.0 Å². The van der Waals surface area contributed by atoms with Crippen molar-refractivity contribution in [1.82, 2.24) is 0 Å². The monoisotopic (exact) mass is 345 g/mol. The highest BCUT2D eigenvalue weighted by atomic mass is 127. The SMILES string of the molecule is COc1ccc(C(N)=O)c(C(F)(F)F)c1I. The van der Waals surface area contributed by atoms with Crippen LogP contribution in [0.5, 0.6) is 5.75 Å². The number of benzene rings is 1. The van der Waals surface area contributed by atoms with E-state index in [0.29, 0.717) is 0 Å². The number of nitrogens with two attached hydrogens (primary N) is 1. The zero-order valence-electron chi connectivity index (χ0n) is 8.06. The van der Waals surface area contributed by atoms with Crippen LogP contribution in [0, 0.1) is 3.57 Å². The molecule has 3 nitrogen and oxygen atoms in total. The Morgan fingerprint density at radius 2 is 2.00 bits per heavy atom. The van der Waals surface area contributed by atoms with Gasteiger partial charge in [0.15, 0.2) is 0 Å². The van der Waals surface area contributed by atoms with Crippen LogP contribution in [0.4, 0.5) is 13.2 Å². The third-order valence-electron chi connectivity index (χ3n) is 1.88. The Morgan fingerprint density at radius 3 is 2.38 bits per heavy atom. The maximum absolute atomic E-state index is 12.7. The average molecular weight is 345 g/mol. The second-order valence-corrected chi connectivity index (χ2v) is 3.95. The lowest BCUT2D eigenvalue weighted by Crippen LogP contribution is -2.20. The molecule has 1 aromatic rings. The minimum absolute atomic E-state index is 0.0536. The fourth-order valence-corrected chi connectivity index (χ4v) is 2.19. The van der Waals surface area contributed by atoms with Gasteiger partial charge >= 0.3 is 6.18 Å². The van der Waals surface area contributed by atoms with E-state index in [9.17, 15) is 18.0 Å². The number of carbonyl (C=O) groups is 1. The van der Waals surface area contributed by atoms with Crippen LogP contribution >= 0.6 is 22.6 Å². The fraction of sp³-hybridized carbons (Fsp3) is 0.222. The normalized spacial score (nSPS) is 11.3. The molecule has 1 amide bonds. The van der Waals surface area contributed by atoms with Crippen molar-refractivity contribution in [3.05, 3.63) is 26.8 Å². The van der Waals surface area contributed by atoms with Gasteiger partial charge in [-0.25, -0.2) is 0 Å². The summed E-state index contributed by atoms with van der Waals surface area (Å²) < 4.78 is 42.7. The molecule has 0 heterocycles. The van der Waals surface area contributed by atoms with Gasteiger partial charge < -0.3 is 10.5 Å². The van der Waals surface area contributed by atoms with Gasteiger partial charge in [-0.1, -0.05) is 0 Å². The molecule has 0 saturated heterocycles. The number of methoxy groups -OCH3 is 1. The second-order valence-electron chi connectivity index (χ2n) is 2.87. The molecule has 0 unspecified atom stereocenters. The van der Waals surface area contributed by atoms with E-state index in [0.717, 1.165) is 6.07 Å². The number of hydrogen-bond acceptors (Lipinski definition) is 2. The second kappa shape index (κ2) is 4.48. The van der Waals surface area contributed by atoms with Crippen LogP contribution in [-0.2, 0) is 6.18 Å². The Hall–Kier alpha value is -0.990. The number of hydrogen-bond donors (Lipinski definition) is 1. The maximum atomic E-state index is 12.7.